The molecular weight excluding hydrogens is 325 g/mol. The van der Waals surface area contributed by atoms with Crippen molar-refractivity contribution in [2.24, 2.45) is 0 Å². The van der Waals surface area contributed by atoms with E-state index in [0.29, 0.717) is 11.3 Å². The SMILES string of the molecule is O=C(CCC(F)(F)F)Nc1ccc(C(=O)OC2CCNCC2)cc1. The van der Waals surface area contributed by atoms with Crippen LogP contribution in [0.3, 0.4) is 0 Å². The zero-order chi connectivity index (χ0) is 17.6. The summed E-state index contributed by atoms with van der Waals surface area (Å²) in [6.45, 7) is 1.61. The fourth-order valence-corrected chi connectivity index (χ4v) is 2.30. The molecule has 1 amide bonds. The standard InChI is InChI=1S/C16H19F3N2O3/c17-16(18,19)8-5-14(22)21-12-3-1-11(2-4-12)15(23)24-13-6-9-20-10-7-13/h1-4,13,20H,5-10H2,(H,21,22). The van der Waals surface area contributed by atoms with E-state index in [1.807, 2.05) is 0 Å². The Labute approximate surface area is 137 Å². The van der Waals surface area contributed by atoms with E-state index in [0.717, 1.165) is 25.9 Å². The first-order valence-corrected chi connectivity index (χ1v) is 7.72. The number of esters is 1. The minimum Gasteiger partial charge on any atom is -0.459 e. The first kappa shape index (κ1) is 18.3. The van der Waals surface area contributed by atoms with Crippen LogP contribution >= 0.6 is 0 Å². The van der Waals surface area contributed by atoms with Crippen LogP contribution in [0.1, 0.15) is 36.0 Å². The second-order valence-corrected chi connectivity index (χ2v) is 5.60. The van der Waals surface area contributed by atoms with Crippen LogP contribution in [-0.4, -0.2) is 37.2 Å². The van der Waals surface area contributed by atoms with Gasteiger partial charge < -0.3 is 15.4 Å². The molecule has 0 spiro atoms. The van der Waals surface area contributed by atoms with Crippen molar-refractivity contribution in [2.45, 2.75) is 38.0 Å². The van der Waals surface area contributed by atoms with Gasteiger partial charge in [-0.2, -0.15) is 13.2 Å². The van der Waals surface area contributed by atoms with Gasteiger partial charge in [0.25, 0.3) is 0 Å². The van der Waals surface area contributed by atoms with Crippen LogP contribution in [0, 0.1) is 0 Å². The Morgan fingerprint density at radius 1 is 1.17 bits per heavy atom. The molecule has 1 aromatic rings. The van der Waals surface area contributed by atoms with E-state index < -0.39 is 30.9 Å². The fraction of sp³-hybridized carbons (Fsp3) is 0.500. The Kier molecular flexibility index (Phi) is 6.19. The van der Waals surface area contributed by atoms with Crippen LogP contribution < -0.4 is 10.6 Å². The van der Waals surface area contributed by atoms with E-state index in [9.17, 15) is 22.8 Å². The molecule has 1 saturated heterocycles. The number of benzene rings is 1. The van der Waals surface area contributed by atoms with Gasteiger partial charge in [-0.3, -0.25) is 4.79 Å². The van der Waals surface area contributed by atoms with E-state index in [1.165, 1.54) is 24.3 Å². The molecule has 8 heteroatoms. The van der Waals surface area contributed by atoms with E-state index in [4.69, 9.17) is 4.74 Å². The molecule has 1 aromatic carbocycles. The highest BCUT2D eigenvalue weighted by molar-refractivity contribution is 5.93. The second kappa shape index (κ2) is 8.14. The van der Waals surface area contributed by atoms with Gasteiger partial charge >= 0.3 is 12.1 Å². The number of alkyl halides is 3. The number of hydrogen-bond donors (Lipinski definition) is 2. The number of anilines is 1. The van der Waals surface area contributed by atoms with Crippen LogP contribution in [-0.2, 0) is 9.53 Å². The van der Waals surface area contributed by atoms with Gasteiger partial charge in [0.05, 0.1) is 12.0 Å². The maximum atomic E-state index is 12.1. The summed E-state index contributed by atoms with van der Waals surface area (Å²) in [6, 6.07) is 5.88. The van der Waals surface area contributed by atoms with Crippen LogP contribution in [0.2, 0.25) is 0 Å². The number of hydrogen-bond acceptors (Lipinski definition) is 4. The first-order valence-electron chi connectivity index (χ1n) is 7.72. The number of carbonyl (C=O) groups excluding carboxylic acids is 2. The van der Waals surface area contributed by atoms with Crippen molar-refractivity contribution in [3.63, 3.8) is 0 Å². The molecule has 132 valence electrons. The lowest BCUT2D eigenvalue weighted by molar-refractivity contribution is -0.142. The average Bonchev–Trinajstić information content (AvgIpc) is 2.54. The van der Waals surface area contributed by atoms with Gasteiger partial charge in [-0.25, -0.2) is 4.79 Å². The number of piperidine rings is 1. The van der Waals surface area contributed by atoms with Crippen LogP contribution in [0.5, 0.6) is 0 Å². The second-order valence-electron chi connectivity index (χ2n) is 5.60. The number of carbonyl (C=O) groups is 2. The molecule has 1 heterocycles. The van der Waals surface area contributed by atoms with Crippen molar-refractivity contribution < 1.29 is 27.5 Å². The Bertz CT molecular complexity index is 567. The molecule has 1 fully saturated rings. The van der Waals surface area contributed by atoms with Crippen molar-refractivity contribution >= 4 is 17.6 Å². The normalized spacial score (nSPS) is 15.8. The third-order valence-electron chi connectivity index (χ3n) is 3.60. The van der Waals surface area contributed by atoms with Gasteiger partial charge in [-0.05, 0) is 50.2 Å². The van der Waals surface area contributed by atoms with Gasteiger partial charge in [0.15, 0.2) is 0 Å². The minimum atomic E-state index is -4.36. The third-order valence-corrected chi connectivity index (χ3v) is 3.60. The highest BCUT2D eigenvalue weighted by Gasteiger charge is 2.27. The predicted octanol–water partition coefficient (Wildman–Crippen LogP) is 2.88. The Hall–Kier alpha value is -2.09. The highest BCUT2D eigenvalue weighted by Crippen LogP contribution is 2.22. The molecule has 0 bridgehead atoms. The predicted molar refractivity (Wildman–Crippen MR) is 81.7 cm³/mol. The van der Waals surface area contributed by atoms with Crippen molar-refractivity contribution in [3.05, 3.63) is 29.8 Å². The molecule has 1 aliphatic heterocycles. The lowest BCUT2D eigenvalue weighted by Gasteiger charge is -2.22. The van der Waals surface area contributed by atoms with Crippen LogP contribution in [0.15, 0.2) is 24.3 Å². The molecule has 2 rings (SSSR count). The van der Waals surface area contributed by atoms with E-state index in [-0.39, 0.29) is 6.10 Å². The van der Waals surface area contributed by atoms with Gasteiger partial charge in [-0.1, -0.05) is 0 Å². The zero-order valence-corrected chi connectivity index (χ0v) is 13.0. The number of rotatable bonds is 5. The molecule has 0 unspecified atom stereocenters. The van der Waals surface area contributed by atoms with Crippen molar-refractivity contribution in [2.75, 3.05) is 18.4 Å². The Morgan fingerprint density at radius 3 is 2.38 bits per heavy atom. The summed E-state index contributed by atoms with van der Waals surface area (Å²) in [5, 5.41) is 5.53. The lowest BCUT2D eigenvalue weighted by Crippen LogP contribution is -2.33. The molecule has 0 aromatic heterocycles. The van der Waals surface area contributed by atoms with Crippen molar-refractivity contribution in [1.82, 2.24) is 5.32 Å². The molecular formula is C16H19F3N2O3. The van der Waals surface area contributed by atoms with Gasteiger partial charge in [0, 0.05) is 12.1 Å². The molecule has 2 N–H and O–H groups in total. The molecule has 0 atom stereocenters. The molecule has 0 radical (unpaired) electrons. The molecule has 0 saturated carbocycles. The molecule has 0 aliphatic carbocycles. The zero-order valence-electron chi connectivity index (χ0n) is 13.0. The fourth-order valence-electron chi connectivity index (χ4n) is 2.30. The topological polar surface area (TPSA) is 67.4 Å². The quantitative estimate of drug-likeness (QED) is 0.806. The van der Waals surface area contributed by atoms with Gasteiger partial charge in [-0.15, -0.1) is 0 Å². The molecule has 24 heavy (non-hydrogen) atoms. The summed E-state index contributed by atoms with van der Waals surface area (Å²) in [4.78, 5) is 23.4. The summed E-state index contributed by atoms with van der Waals surface area (Å²) in [7, 11) is 0. The van der Waals surface area contributed by atoms with Gasteiger partial charge in [0.2, 0.25) is 5.91 Å². The smallest absolute Gasteiger partial charge is 0.389 e. The number of nitrogens with one attached hydrogen (secondary N) is 2. The summed E-state index contributed by atoms with van der Waals surface area (Å²) >= 11 is 0. The Balaban J connectivity index is 1.83. The number of amides is 1. The minimum absolute atomic E-state index is 0.111. The molecule has 5 nitrogen and oxygen atoms in total. The maximum Gasteiger partial charge on any atom is 0.389 e. The first-order chi connectivity index (χ1) is 11.3. The lowest BCUT2D eigenvalue weighted by atomic mass is 10.1. The van der Waals surface area contributed by atoms with Crippen molar-refractivity contribution in [1.29, 1.82) is 0 Å². The summed E-state index contributed by atoms with van der Waals surface area (Å²) < 4.78 is 41.5. The average molecular weight is 344 g/mol. The molecule has 1 aliphatic rings. The summed E-state index contributed by atoms with van der Waals surface area (Å²) in [6.07, 6.45) is -4.75. The maximum absolute atomic E-state index is 12.1. The van der Waals surface area contributed by atoms with Crippen LogP contribution in [0.4, 0.5) is 18.9 Å². The summed E-state index contributed by atoms with van der Waals surface area (Å²) in [5.41, 5.74) is 0.669. The summed E-state index contributed by atoms with van der Waals surface area (Å²) in [5.74, 6) is -1.17. The van der Waals surface area contributed by atoms with E-state index in [1.54, 1.807) is 0 Å². The highest BCUT2D eigenvalue weighted by atomic mass is 19.4. The van der Waals surface area contributed by atoms with E-state index >= 15 is 0 Å². The third kappa shape index (κ3) is 6.19. The van der Waals surface area contributed by atoms with Crippen molar-refractivity contribution in [3.8, 4) is 0 Å². The number of ether oxygens (including phenoxy) is 1. The van der Waals surface area contributed by atoms with Gasteiger partial charge in [0.1, 0.15) is 6.10 Å². The Morgan fingerprint density at radius 2 is 1.79 bits per heavy atom. The van der Waals surface area contributed by atoms with Crippen LogP contribution in [0.25, 0.3) is 0 Å². The largest absolute Gasteiger partial charge is 0.459 e. The number of halogens is 3. The van der Waals surface area contributed by atoms with E-state index in [2.05, 4.69) is 10.6 Å². The monoisotopic (exact) mass is 344 g/mol.